The number of Topliss-reactive ketones (excluding diaryl/α,β-unsaturated/α-hetero) is 1. The molecule has 0 radical (unpaired) electrons. The SMILES string of the molecule is CC(=O)c1csc(CC2CCCC2)n1. The Labute approximate surface area is 88.4 Å². The van der Waals surface area contributed by atoms with Crippen LogP contribution >= 0.6 is 11.3 Å². The number of carbonyl (C=O) groups excluding carboxylic acids is 1. The summed E-state index contributed by atoms with van der Waals surface area (Å²) in [6.07, 6.45) is 6.51. The van der Waals surface area contributed by atoms with Crippen molar-refractivity contribution in [2.45, 2.75) is 39.0 Å². The van der Waals surface area contributed by atoms with Crippen molar-refractivity contribution < 1.29 is 4.79 Å². The van der Waals surface area contributed by atoms with E-state index in [0.29, 0.717) is 5.69 Å². The van der Waals surface area contributed by atoms with Gasteiger partial charge in [0.25, 0.3) is 0 Å². The van der Waals surface area contributed by atoms with Gasteiger partial charge >= 0.3 is 0 Å². The van der Waals surface area contributed by atoms with Crippen LogP contribution in [-0.2, 0) is 6.42 Å². The van der Waals surface area contributed by atoms with Crippen LogP contribution in [0.4, 0.5) is 0 Å². The van der Waals surface area contributed by atoms with E-state index in [1.807, 2.05) is 5.38 Å². The van der Waals surface area contributed by atoms with Gasteiger partial charge in [0.05, 0.1) is 5.01 Å². The first-order valence-electron chi connectivity index (χ1n) is 5.21. The second-order valence-electron chi connectivity index (χ2n) is 4.04. The van der Waals surface area contributed by atoms with Gasteiger partial charge in [0.15, 0.2) is 5.78 Å². The summed E-state index contributed by atoms with van der Waals surface area (Å²) in [5, 5.41) is 3.02. The molecule has 1 heterocycles. The molecule has 14 heavy (non-hydrogen) atoms. The Morgan fingerprint density at radius 3 is 2.86 bits per heavy atom. The zero-order chi connectivity index (χ0) is 9.97. The Morgan fingerprint density at radius 1 is 1.57 bits per heavy atom. The predicted octanol–water partition coefficient (Wildman–Crippen LogP) is 3.08. The lowest BCUT2D eigenvalue weighted by Gasteiger charge is -2.04. The van der Waals surface area contributed by atoms with Crippen LogP contribution in [0.5, 0.6) is 0 Å². The molecule has 1 aromatic rings. The van der Waals surface area contributed by atoms with E-state index in [1.165, 1.54) is 25.7 Å². The molecule has 0 aromatic carbocycles. The summed E-state index contributed by atoms with van der Waals surface area (Å²) in [4.78, 5) is 15.4. The maximum atomic E-state index is 11.0. The zero-order valence-corrected chi connectivity index (χ0v) is 9.27. The van der Waals surface area contributed by atoms with Crippen LogP contribution in [0.15, 0.2) is 5.38 Å². The molecule has 0 spiro atoms. The van der Waals surface area contributed by atoms with Crippen molar-refractivity contribution in [3.05, 3.63) is 16.1 Å². The molecule has 0 saturated heterocycles. The number of hydrogen-bond donors (Lipinski definition) is 0. The van der Waals surface area contributed by atoms with Crippen LogP contribution in [0.1, 0.15) is 48.1 Å². The zero-order valence-electron chi connectivity index (χ0n) is 8.45. The minimum Gasteiger partial charge on any atom is -0.293 e. The van der Waals surface area contributed by atoms with Crippen LogP contribution in [0.3, 0.4) is 0 Å². The molecule has 1 aliphatic carbocycles. The predicted molar refractivity (Wildman–Crippen MR) is 57.8 cm³/mol. The topological polar surface area (TPSA) is 30.0 Å². The normalized spacial score (nSPS) is 17.5. The molecule has 0 N–H and O–H groups in total. The fourth-order valence-corrected chi connectivity index (χ4v) is 2.98. The summed E-state index contributed by atoms with van der Waals surface area (Å²) in [6.45, 7) is 1.58. The van der Waals surface area contributed by atoms with Crippen molar-refractivity contribution in [1.82, 2.24) is 4.98 Å². The van der Waals surface area contributed by atoms with E-state index in [4.69, 9.17) is 0 Å². The second-order valence-corrected chi connectivity index (χ2v) is 4.98. The summed E-state index contributed by atoms with van der Waals surface area (Å²) in [6, 6.07) is 0. The average molecular weight is 209 g/mol. The highest BCUT2D eigenvalue weighted by molar-refractivity contribution is 7.09. The van der Waals surface area contributed by atoms with Gasteiger partial charge in [-0.2, -0.15) is 0 Å². The molecule has 0 amide bonds. The third-order valence-electron chi connectivity index (χ3n) is 2.85. The van der Waals surface area contributed by atoms with Crippen LogP contribution in [-0.4, -0.2) is 10.8 Å². The Bertz CT molecular complexity index is 326. The van der Waals surface area contributed by atoms with Gasteiger partial charge in [-0.25, -0.2) is 4.98 Å². The van der Waals surface area contributed by atoms with E-state index in [9.17, 15) is 4.79 Å². The fourth-order valence-electron chi connectivity index (χ4n) is 2.03. The van der Waals surface area contributed by atoms with Gasteiger partial charge in [-0.1, -0.05) is 25.7 Å². The lowest BCUT2D eigenvalue weighted by molar-refractivity contribution is 0.101. The Hall–Kier alpha value is -0.700. The number of aromatic nitrogens is 1. The quantitative estimate of drug-likeness (QED) is 0.716. The standard InChI is InChI=1S/C11H15NOS/c1-8(13)10-7-14-11(12-10)6-9-4-2-3-5-9/h7,9H,2-6H2,1H3. The smallest absolute Gasteiger partial charge is 0.178 e. The van der Waals surface area contributed by atoms with Crippen molar-refractivity contribution in [2.24, 2.45) is 5.92 Å². The van der Waals surface area contributed by atoms with Crippen molar-refractivity contribution in [2.75, 3.05) is 0 Å². The largest absolute Gasteiger partial charge is 0.293 e. The van der Waals surface area contributed by atoms with Crippen LogP contribution < -0.4 is 0 Å². The third kappa shape index (κ3) is 2.21. The van der Waals surface area contributed by atoms with Crippen molar-refractivity contribution in [3.63, 3.8) is 0 Å². The minimum absolute atomic E-state index is 0.0823. The molecule has 1 saturated carbocycles. The first kappa shape index (κ1) is 9.84. The fraction of sp³-hybridized carbons (Fsp3) is 0.636. The molecule has 0 aliphatic heterocycles. The van der Waals surface area contributed by atoms with E-state index < -0.39 is 0 Å². The Kier molecular flexibility index (Phi) is 2.96. The van der Waals surface area contributed by atoms with E-state index in [2.05, 4.69) is 4.98 Å². The summed E-state index contributed by atoms with van der Waals surface area (Å²) in [5.74, 6) is 0.903. The van der Waals surface area contributed by atoms with Gasteiger partial charge in [0.2, 0.25) is 0 Å². The number of nitrogens with zero attached hydrogens (tertiary/aromatic N) is 1. The van der Waals surface area contributed by atoms with Crippen LogP contribution in [0, 0.1) is 5.92 Å². The molecule has 0 bridgehead atoms. The van der Waals surface area contributed by atoms with E-state index >= 15 is 0 Å². The Balaban J connectivity index is 1.98. The molecule has 3 heteroatoms. The summed E-state index contributed by atoms with van der Waals surface area (Å²) in [5.41, 5.74) is 0.642. The van der Waals surface area contributed by atoms with E-state index in [-0.39, 0.29) is 5.78 Å². The van der Waals surface area contributed by atoms with E-state index in [1.54, 1.807) is 18.3 Å². The minimum atomic E-state index is 0.0823. The van der Waals surface area contributed by atoms with Crippen molar-refractivity contribution >= 4 is 17.1 Å². The molecule has 2 nitrogen and oxygen atoms in total. The van der Waals surface area contributed by atoms with Crippen molar-refractivity contribution in [3.8, 4) is 0 Å². The highest BCUT2D eigenvalue weighted by atomic mass is 32.1. The number of hydrogen-bond acceptors (Lipinski definition) is 3. The van der Waals surface area contributed by atoms with Gasteiger partial charge in [-0.3, -0.25) is 4.79 Å². The molecule has 1 fully saturated rings. The molecular weight excluding hydrogens is 194 g/mol. The second kappa shape index (κ2) is 4.22. The maximum absolute atomic E-state index is 11.0. The van der Waals surface area contributed by atoms with Gasteiger partial charge in [0, 0.05) is 18.7 Å². The number of ketones is 1. The monoisotopic (exact) mass is 209 g/mol. The number of thiazole rings is 1. The third-order valence-corrected chi connectivity index (χ3v) is 3.72. The van der Waals surface area contributed by atoms with Crippen LogP contribution in [0.25, 0.3) is 0 Å². The first-order valence-corrected chi connectivity index (χ1v) is 6.09. The molecule has 1 aromatic heterocycles. The Morgan fingerprint density at radius 2 is 2.29 bits per heavy atom. The van der Waals surface area contributed by atoms with E-state index in [0.717, 1.165) is 17.3 Å². The number of rotatable bonds is 3. The van der Waals surface area contributed by atoms with Gasteiger partial charge in [-0.15, -0.1) is 11.3 Å². The van der Waals surface area contributed by atoms with Gasteiger partial charge in [0.1, 0.15) is 5.69 Å². The molecule has 76 valence electrons. The van der Waals surface area contributed by atoms with Crippen LogP contribution in [0.2, 0.25) is 0 Å². The van der Waals surface area contributed by atoms with Gasteiger partial charge < -0.3 is 0 Å². The molecule has 0 atom stereocenters. The maximum Gasteiger partial charge on any atom is 0.178 e. The molecule has 2 rings (SSSR count). The first-order chi connectivity index (χ1) is 6.75. The highest BCUT2D eigenvalue weighted by Gasteiger charge is 2.17. The number of carbonyl (C=O) groups is 1. The summed E-state index contributed by atoms with van der Waals surface area (Å²) in [7, 11) is 0. The summed E-state index contributed by atoms with van der Waals surface area (Å²) >= 11 is 1.63. The average Bonchev–Trinajstić information content (AvgIpc) is 2.75. The molecule has 0 unspecified atom stereocenters. The molecular formula is C11H15NOS. The lowest BCUT2D eigenvalue weighted by atomic mass is 10.1. The molecule has 1 aliphatic rings. The van der Waals surface area contributed by atoms with Gasteiger partial charge in [-0.05, 0) is 5.92 Å². The highest BCUT2D eigenvalue weighted by Crippen LogP contribution is 2.28. The lowest BCUT2D eigenvalue weighted by Crippen LogP contribution is -1.99. The summed E-state index contributed by atoms with van der Waals surface area (Å²) < 4.78 is 0. The van der Waals surface area contributed by atoms with Crippen molar-refractivity contribution in [1.29, 1.82) is 0 Å².